The third-order valence-electron chi connectivity index (χ3n) is 6.25. The summed E-state index contributed by atoms with van der Waals surface area (Å²) >= 11 is 0. The average molecular weight is 407 g/mol. The highest BCUT2D eigenvalue weighted by molar-refractivity contribution is 5.33. The van der Waals surface area contributed by atoms with Crippen LogP contribution in [0.1, 0.15) is 43.8 Å². The van der Waals surface area contributed by atoms with Crippen LogP contribution in [0, 0.1) is 11.8 Å². The van der Waals surface area contributed by atoms with Crippen LogP contribution in [0.25, 0.3) is 0 Å². The van der Waals surface area contributed by atoms with Crippen LogP contribution in [0.2, 0.25) is 0 Å². The second-order valence-corrected chi connectivity index (χ2v) is 8.11. The Morgan fingerprint density at radius 1 is 1.03 bits per heavy atom. The lowest BCUT2D eigenvalue weighted by Crippen LogP contribution is -2.59. The number of carboxylic acid groups (broad SMARTS) is 2. The molecule has 3 aliphatic heterocycles. The van der Waals surface area contributed by atoms with E-state index in [9.17, 15) is 5.11 Å². The van der Waals surface area contributed by atoms with E-state index in [0.29, 0.717) is 0 Å². The van der Waals surface area contributed by atoms with Crippen LogP contribution in [0.5, 0.6) is 0 Å². The minimum atomic E-state index is -0.316. The highest BCUT2D eigenvalue weighted by Gasteiger charge is 2.41. The summed E-state index contributed by atoms with van der Waals surface area (Å²) in [5, 5.41) is 24.2. The summed E-state index contributed by atoms with van der Waals surface area (Å²) in [7, 11) is 0. The van der Waals surface area contributed by atoms with Crippen LogP contribution in [-0.2, 0) is 9.59 Å². The Labute approximate surface area is 172 Å². The van der Waals surface area contributed by atoms with E-state index in [0.717, 1.165) is 36.4 Å². The average Bonchev–Trinajstić information content (AvgIpc) is 2.74. The number of piperidine rings is 3. The van der Waals surface area contributed by atoms with Crippen LogP contribution in [0.3, 0.4) is 0 Å². The lowest BCUT2D eigenvalue weighted by molar-refractivity contribution is -0.123. The maximum absolute atomic E-state index is 10.4. The van der Waals surface area contributed by atoms with Crippen molar-refractivity contribution in [1.29, 1.82) is 0 Å². The zero-order chi connectivity index (χ0) is 21.1. The first-order chi connectivity index (χ1) is 14.1. The van der Waals surface area contributed by atoms with Gasteiger partial charge < -0.3 is 20.2 Å². The fourth-order valence-electron chi connectivity index (χ4n) is 5.20. The number of fused-ring (bicyclic) bond motifs is 4. The Balaban J connectivity index is 0.000000449. The van der Waals surface area contributed by atoms with E-state index in [1.807, 2.05) is 30.3 Å². The SMILES string of the molecule is O=CO.O=CO.O[C@H](CCN1C[C@@H]2C[C@H](C1)[C@@H]1CCCCN1C2)c1ccccc1. The molecule has 3 N–H and O–H groups in total. The number of nitrogens with zero attached hydrogens (tertiary/aromatic N) is 2. The first-order valence-electron chi connectivity index (χ1n) is 10.5. The van der Waals surface area contributed by atoms with Crippen molar-refractivity contribution in [3.8, 4) is 0 Å². The number of aliphatic hydroxyl groups excluding tert-OH is 1. The van der Waals surface area contributed by atoms with E-state index in [1.54, 1.807) is 0 Å². The van der Waals surface area contributed by atoms with Gasteiger partial charge in [0, 0.05) is 32.2 Å². The predicted octanol–water partition coefficient (Wildman–Crippen LogP) is 2.32. The summed E-state index contributed by atoms with van der Waals surface area (Å²) in [5.41, 5.74) is 1.06. The van der Waals surface area contributed by atoms with E-state index in [4.69, 9.17) is 19.8 Å². The molecule has 3 aliphatic rings. The van der Waals surface area contributed by atoms with Crippen molar-refractivity contribution < 1.29 is 24.9 Å². The molecular formula is C22H34N2O5. The van der Waals surface area contributed by atoms with Gasteiger partial charge in [0.2, 0.25) is 0 Å². The summed E-state index contributed by atoms with van der Waals surface area (Å²) in [6.07, 6.45) is 6.23. The molecule has 0 aliphatic carbocycles. The second-order valence-electron chi connectivity index (χ2n) is 8.11. The smallest absolute Gasteiger partial charge is 0.290 e. The maximum Gasteiger partial charge on any atom is 0.290 e. The third kappa shape index (κ3) is 7.10. The highest BCUT2D eigenvalue weighted by Crippen LogP contribution is 2.37. The van der Waals surface area contributed by atoms with E-state index in [-0.39, 0.29) is 19.0 Å². The van der Waals surface area contributed by atoms with Crippen molar-refractivity contribution in [3.05, 3.63) is 35.9 Å². The molecule has 7 heteroatoms. The van der Waals surface area contributed by atoms with Crippen LogP contribution in [0.15, 0.2) is 30.3 Å². The molecule has 7 nitrogen and oxygen atoms in total. The molecule has 3 saturated heterocycles. The van der Waals surface area contributed by atoms with Crippen molar-refractivity contribution in [2.45, 2.75) is 44.2 Å². The molecular weight excluding hydrogens is 372 g/mol. The Hall–Kier alpha value is -1.96. The van der Waals surface area contributed by atoms with Crippen molar-refractivity contribution in [3.63, 3.8) is 0 Å². The fourth-order valence-corrected chi connectivity index (χ4v) is 5.20. The second kappa shape index (κ2) is 12.6. The Morgan fingerprint density at radius 3 is 2.41 bits per heavy atom. The Bertz CT molecular complexity index is 594. The van der Waals surface area contributed by atoms with Gasteiger partial charge in [0.05, 0.1) is 6.10 Å². The van der Waals surface area contributed by atoms with Crippen molar-refractivity contribution in [2.75, 3.05) is 32.7 Å². The van der Waals surface area contributed by atoms with Gasteiger partial charge in [-0.2, -0.15) is 0 Å². The van der Waals surface area contributed by atoms with Gasteiger partial charge in [0.1, 0.15) is 0 Å². The molecule has 4 atom stereocenters. The van der Waals surface area contributed by atoms with Gasteiger partial charge in [0.15, 0.2) is 0 Å². The molecule has 162 valence electrons. The number of carbonyl (C=O) groups is 2. The summed E-state index contributed by atoms with van der Waals surface area (Å²) < 4.78 is 0. The van der Waals surface area contributed by atoms with E-state index in [1.165, 1.54) is 51.9 Å². The summed E-state index contributed by atoms with van der Waals surface area (Å²) in [5.74, 6) is 1.73. The zero-order valence-electron chi connectivity index (χ0n) is 17.0. The number of hydrogen-bond donors (Lipinski definition) is 3. The molecule has 0 spiro atoms. The first kappa shape index (κ1) is 23.3. The van der Waals surface area contributed by atoms with Crippen LogP contribution < -0.4 is 0 Å². The largest absolute Gasteiger partial charge is 0.483 e. The molecule has 2 bridgehead atoms. The van der Waals surface area contributed by atoms with Crippen LogP contribution >= 0.6 is 0 Å². The molecule has 0 aromatic heterocycles. The van der Waals surface area contributed by atoms with Crippen molar-refractivity contribution in [2.24, 2.45) is 11.8 Å². The Kier molecular flexibility index (Phi) is 10.1. The summed E-state index contributed by atoms with van der Waals surface area (Å²) in [4.78, 5) is 22.1. The van der Waals surface area contributed by atoms with Crippen molar-refractivity contribution >= 4 is 12.9 Å². The van der Waals surface area contributed by atoms with E-state index < -0.39 is 0 Å². The number of rotatable bonds is 4. The minimum absolute atomic E-state index is 0.250. The number of hydrogen-bond acceptors (Lipinski definition) is 5. The van der Waals surface area contributed by atoms with Gasteiger partial charge in [-0.1, -0.05) is 36.8 Å². The van der Waals surface area contributed by atoms with Gasteiger partial charge in [-0.05, 0) is 49.6 Å². The number of aliphatic hydroxyl groups is 1. The van der Waals surface area contributed by atoms with Gasteiger partial charge in [0.25, 0.3) is 12.9 Å². The number of benzene rings is 1. The molecule has 4 rings (SSSR count). The standard InChI is InChI=1S/C20H30N2O.2CH2O2/c23-20(17-6-2-1-3-7-17)9-11-21-13-16-12-18(15-21)19-8-4-5-10-22(19)14-16;2*2-1-3/h1-3,6-7,16,18-20,23H,4-5,8-15H2;2*1H,(H,2,3)/t16-,18+,19-,20+;;/m0../s1. The topological polar surface area (TPSA) is 101 Å². The molecule has 0 unspecified atom stereocenters. The molecule has 0 amide bonds. The fraction of sp³-hybridized carbons (Fsp3) is 0.636. The Morgan fingerprint density at radius 2 is 1.72 bits per heavy atom. The van der Waals surface area contributed by atoms with Gasteiger partial charge in [-0.3, -0.25) is 14.5 Å². The van der Waals surface area contributed by atoms with E-state index in [2.05, 4.69) is 9.80 Å². The normalized spacial score (nSPS) is 27.1. The quantitative estimate of drug-likeness (QED) is 0.660. The molecule has 0 saturated carbocycles. The van der Waals surface area contributed by atoms with Gasteiger partial charge in [-0.15, -0.1) is 0 Å². The third-order valence-corrected chi connectivity index (χ3v) is 6.25. The zero-order valence-corrected chi connectivity index (χ0v) is 17.0. The van der Waals surface area contributed by atoms with E-state index >= 15 is 0 Å². The van der Waals surface area contributed by atoms with Gasteiger partial charge >= 0.3 is 0 Å². The van der Waals surface area contributed by atoms with Crippen molar-refractivity contribution in [1.82, 2.24) is 9.80 Å². The summed E-state index contributed by atoms with van der Waals surface area (Å²) in [6, 6.07) is 11.0. The molecule has 1 aromatic carbocycles. The predicted molar refractivity (Wildman–Crippen MR) is 111 cm³/mol. The molecule has 3 fully saturated rings. The first-order valence-corrected chi connectivity index (χ1v) is 10.5. The highest BCUT2D eigenvalue weighted by atomic mass is 16.3. The lowest BCUT2D eigenvalue weighted by atomic mass is 9.76. The minimum Gasteiger partial charge on any atom is -0.483 e. The molecule has 29 heavy (non-hydrogen) atoms. The van der Waals surface area contributed by atoms with Crippen LogP contribution in [-0.4, -0.2) is 76.8 Å². The molecule has 3 heterocycles. The lowest BCUT2D eigenvalue weighted by Gasteiger charge is -2.52. The van der Waals surface area contributed by atoms with Gasteiger partial charge in [-0.25, -0.2) is 0 Å². The maximum atomic E-state index is 10.4. The number of likely N-dealkylation sites (tertiary alicyclic amines) is 1. The molecule has 0 radical (unpaired) electrons. The molecule has 1 aromatic rings. The van der Waals surface area contributed by atoms with Crippen LogP contribution in [0.4, 0.5) is 0 Å². The summed E-state index contributed by atoms with van der Waals surface area (Å²) in [6.45, 7) is 5.68. The monoisotopic (exact) mass is 406 g/mol.